The summed E-state index contributed by atoms with van der Waals surface area (Å²) in [6, 6.07) is 23.5. The Morgan fingerprint density at radius 3 is 2.21 bits per heavy atom. The highest BCUT2D eigenvalue weighted by Gasteiger charge is 2.21. The summed E-state index contributed by atoms with van der Waals surface area (Å²) in [6.07, 6.45) is 0. The predicted octanol–water partition coefficient (Wildman–Crippen LogP) is 6.04. The molecule has 0 aliphatic carbocycles. The van der Waals surface area contributed by atoms with E-state index in [1.54, 1.807) is 24.3 Å². The van der Waals surface area contributed by atoms with E-state index in [-0.39, 0.29) is 17.2 Å². The number of fused-ring (bicyclic) bond motifs is 2. The average Bonchev–Trinajstić information content (AvgIpc) is 3.06. The molecule has 4 aromatic carbocycles. The molecule has 1 aromatic heterocycles. The van der Waals surface area contributed by atoms with Gasteiger partial charge in [0.25, 0.3) is 0 Å². The van der Waals surface area contributed by atoms with Crippen LogP contribution < -0.4 is 0 Å². The fraction of sp³-hybridized carbons (Fsp3) is 0. The lowest BCUT2D eigenvalue weighted by Gasteiger charge is -2.08. The van der Waals surface area contributed by atoms with Gasteiger partial charge in [-0.2, -0.15) is 0 Å². The van der Waals surface area contributed by atoms with E-state index in [0.717, 1.165) is 21.7 Å². The van der Waals surface area contributed by atoms with Crippen LogP contribution in [-0.4, -0.2) is 15.3 Å². The van der Waals surface area contributed by atoms with Gasteiger partial charge >= 0.3 is 0 Å². The largest absolute Gasteiger partial charge is 0.508 e. The van der Waals surface area contributed by atoms with Crippen LogP contribution in [-0.2, 0) is 0 Å². The maximum Gasteiger partial charge on any atom is 0.143 e. The van der Waals surface area contributed by atoms with Gasteiger partial charge in [-0.15, -0.1) is 0 Å². The summed E-state index contributed by atoms with van der Waals surface area (Å²) in [5.41, 5.74) is 2.63. The van der Waals surface area contributed by atoms with E-state index in [9.17, 15) is 15.3 Å². The van der Waals surface area contributed by atoms with Crippen molar-refractivity contribution in [3.8, 4) is 39.7 Å². The fourth-order valence-electron chi connectivity index (χ4n) is 3.62. The number of hydrogen-bond donors (Lipinski definition) is 3. The number of benzene rings is 4. The van der Waals surface area contributed by atoms with Crippen LogP contribution in [0.4, 0.5) is 0 Å². The highest BCUT2D eigenvalue weighted by atomic mass is 16.3. The highest BCUT2D eigenvalue weighted by molar-refractivity contribution is 6.04. The Morgan fingerprint density at radius 1 is 0.643 bits per heavy atom. The topological polar surface area (TPSA) is 73.8 Å². The second-order valence-corrected chi connectivity index (χ2v) is 6.75. The van der Waals surface area contributed by atoms with Gasteiger partial charge in [0.1, 0.15) is 28.6 Å². The van der Waals surface area contributed by atoms with E-state index in [4.69, 9.17) is 4.42 Å². The lowest BCUT2D eigenvalue weighted by atomic mass is 9.96. The van der Waals surface area contributed by atoms with Gasteiger partial charge in [0.2, 0.25) is 0 Å². The summed E-state index contributed by atoms with van der Waals surface area (Å²) >= 11 is 0. The van der Waals surface area contributed by atoms with Crippen molar-refractivity contribution in [3.63, 3.8) is 0 Å². The third-order valence-electron chi connectivity index (χ3n) is 4.94. The standard InChI is InChI=1S/C24H16O4/c25-17-7-9-19(21(27)12-17)23-20-10-8-18(26)13-22(20)28-24(23)16-6-5-14-3-1-2-4-15(14)11-16/h1-13,25-27H. The Morgan fingerprint density at radius 2 is 1.39 bits per heavy atom. The quantitative estimate of drug-likeness (QED) is 0.355. The zero-order valence-electron chi connectivity index (χ0n) is 14.8. The molecule has 28 heavy (non-hydrogen) atoms. The van der Waals surface area contributed by atoms with Crippen molar-refractivity contribution in [2.45, 2.75) is 0 Å². The SMILES string of the molecule is Oc1ccc(-c2c(-c3ccc4ccccc4c3)oc3cc(O)ccc23)c(O)c1. The number of hydrogen-bond acceptors (Lipinski definition) is 4. The van der Waals surface area contributed by atoms with E-state index < -0.39 is 0 Å². The molecule has 0 aliphatic heterocycles. The van der Waals surface area contributed by atoms with Gasteiger partial charge in [-0.1, -0.05) is 36.4 Å². The smallest absolute Gasteiger partial charge is 0.143 e. The maximum atomic E-state index is 10.5. The van der Waals surface area contributed by atoms with Gasteiger partial charge in [-0.3, -0.25) is 0 Å². The van der Waals surface area contributed by atoms with E-state index >= 15 is 0 Å². The Bertz CT molecular complexity index is 1350. The van der Waals surface area contributed by atoms with Crippen molar-refractivity contribution in [2.75, 3.05) is 0 Å². The molecular formula is C24H16O4. The van der Waals surface area contributed by atoms with E-state index in [1.165, 1.54) is 12.1 Å². The fourth-order valence-corrected chi connectivity index (χ4v) is 3.62. The lowest BCUT2D eigenvalue weighted by Crippen LogP contribution is -1.83. The lowest BCUT2D eigenvalue weighted by molar-refractivity contribution is 0.452. The van der Waals surface area contributed by atoms with Gasteiger partial charge in [-0.25, -0.2) is 0 Å². The molecule has 0 radical (unpaired) electrons. The van der Waals surface area contributed by atoms with E-state index in [2.05, 4.69) is 0 Å². The molecule has 0 spiro atoms. The van der Waals surface area contributed by atoms with Crippen LogP contribution in [0.5, 0.6) is 17.2 Å². The number of rotatable bonds is 2. The molecule has 3 N–H and O–H groups in total. The van der Waals surface area contributed by atoms with Crippen molar-refractivity contribution >= 4 is 21.7 Å². The Kier molecular flexibility index (Phi) is 3.52. The molecule has 0 saturated carbocycles. The Hall–Kier alpha value is -3.92. The van der Waals surface area contributed by atoms with Crippen LogP contribution >= 0.6 is 0 Å². The van der Waals surface area contributed by atoms with Gasteiger partial charge in [0.15, 0.2) is 0 Å². The summed E-state index contributed by atoms with van der Waals surface area (Å²) < 4.78 is 6.12. The number of aromatic hydroxyl groups is 3. The minimum absolute atomic E-state index is 0.0149. The Labute approximate surface area is 160 Å². The molecule has 0 bridgehead atoms. The maximum absolute atomic E-state index is 10.5. The van der Waals surface area contributed by atoms with Crippen LogP contribution in [0, 0.1) is 0 Å². The molecule has 4 heteroatoms. The molecule has 0 atom stereocenters. The van der Waals surface area contributed by atoms with Crippen molar-refractivity contribution in [1.29, 1.82) is 0 Å². The summed E-state index contributed by atoms with van der Waals surface area (Å²) in [7, 11) is 0. The van der Waals surface area contributed by atoms with Crippen molar-refractivity contribution in [3.05, 3.63) is 78.9 Å². The molecule has 0 aliphatic rings. The zero-order chi connectivity index (χ0) is 19.3. The minimum Gasteiger partial charge on any atom is -0.508 e. The molecular weight excluding hydrogens is 352 g/mol. The summed E-state index contributed by atoms with van der Waals surface area (Å²) in [6.45, 7) is 0. The van der Waals surface area contributed by atoms with Crippen molar-refractivity contribution < 1.29 is 19.7 Å². The Balaban J connectivity index is 1.84. The average molecular weight is 368 g/mol. The molecule has 1 heterocycles. The van der Waals surface area contributed by atoms with Crippen LogP contribution in [0.1, 0.15) is 0 Å². The van der Waals surface area contributed by atoms with Gasteiger partial charge in [-0.05, 0) is 41.1 Å². The molecule has 0 fully saturated rings. The second-order valence-electron chi connectivity index (χ2n) is 6.75. The first-order valence-corrected chi connectivity index (χ1v) is 8.87. The van der Waals surface area contributed by atoms with Crippen molar-refractivity contribution in [2.24, 2.45) is 0 Å². The first-order valence-electron chi connectivity index (χ1n) is 8.87. The van der Waals surface area contributed by atoms with Gasteiger partial charge in [0, 0.05) is 34.2 Å². The van der Waals surface area contributed by atoms with Crippen molar-refractivity contribution in [1.82, 2.24) is 0 Å². The molecule has 4 nitrogen and oxygen atoms in total. The van der Waals surface area contributed by atoms with Crippen LogP contribution in [0.15, 0.2) is 83.3 Å². The number of furan rings is 1. The van der Waals surface area contributed by atoms with Gasteiger partial charge < -0.3 is 19.7 Å². The van der Waals surface area contributed by atoms with Gasteiger partial charge in [0.05, 0.1) is 0 Å². The van der Waals surface area contributed by atoms with Crippen LogP contribution in [0.25, 0.3) is 44.2 Å². The number of phenols is 3. The summed E-state index contributed by atoms with van der Waals surface area (Å²) in [5, 5.41) is 33.0. The van der Waals surface area contributed by atoms with Crippen LogP contribution in [0.2, 0.25) is 0 Å². The van der Waals surface area contributed by atoms with E-state index in [1.807, 2.05) is 42.5 Å². The first kappa shape index (κ1) is 16.3. The molecule has 5 aromatic rings. The molecule has 0 saturated heterocycles. The number of phenolic OH excluding ortho intramolecular Hbond substituents is 3. The molecule has 0 unspecified atom stereocenters. The molecule has 136 valence electrons. The zero-order valence-corrected chi connectivity index (χ0v) is 14.8. The summed E-state index contributed by atoms with van der Waals surface area (Å²) in [5.74, 6) is 0.636. The third-order valence-corrected chi connectivity index (χ3v) is 4.94. The molecule has 0 amide bonds. The van der Waals surface area contributed by atoms with Crippen LogP contribution in [0.3, 0.4) is 0 Å². The first-order chi connectivity index (χ1) is 13.6. The van der Waals surface area contributed by atoms with E-state index in [0.29, 0.717) is 22.5 Å². The summed E-state index contributed by atoms with van der Waals surface area (Å²) in [4.78, 5) is 0. The third kappa shape index (κ3) is 2.55. The predicted molar refractivity (Wildman–Crippen MR) is 110 cm³/mol. The normalized spacial score (nSPS) is 11.3. The molecule has 5 rings (SSSR count). The second kappa shape index (κ2) is 6.06. The minimum atomic E-state index is -0.0437. The highest BCUT2D eigenvalue weighted by Crippen LogP contribution is 2.45. The monoisotopic (exact) mass is 368 g/mol.